The molecule has 0 amide bonds. The van der Waals surface area contributed by atoms with E-state index >= 15 is 0 Å². The van der Waals surface area contributed by atoms with E-state index in [9.17, 15) is 0 Å². The van der Waals surface area contributed by atoms with E-state index < -0.39 is 0 Å². The van der Waals surface area contributed by atoms with Crippen molar-refractivity contribution in [2.24, 2.45) is 0 Å². The van der Waals surface area contributed by atoms with Crippen molar-refractivity contribution in [2.75, 3.05) is 0 Å². The van der Waals surface area contributed by atoms with Crippen molar-refractivity contribution in [3.63, 3.8) is 0 Å². The van der Waals surface area contributed by atoms with Gasteiger partial charge in [0.05, 0.1) is 11.0 Å². The number of benzene rings is 4. The van der Waals surface area contributed by atoms with E-state index in [0.717, 1.165) is 6.42 Å². The predicted octanol–water partition coefficient (Wildman–Crippen LogP) is 8.62. The molecule has 6 aromatic rings. The quantitative estimate of drug-likeness (QED) is 0.261. The van der Waals surface area contributed by atoms with Crippen LogP contribution in [-0.4, -0.2) is 4.57 Å². The molecule has 0 aliphatic heterocycles. The minimum absolute atomic E-state index is 1.16. The predicted molar refractivity (Wildman–Crippen MR) is 139 cm³/mol. The van der Waals surface area contributed by atoms with Crippen molar-refractivity contribution in [1.29, 1.82) is 0 Å². The lowest BCUT2D eigenvalue weighted by atomic mass is 9.98. The van der Waals surface area contributed by atoms with Crippen molar-refractivity contribution < 1.29 is 0 Å². The van der Waals surface area contributed by atoms with Gasteiger partial charge in [0.2, 0.25) is 0 Å². The Kier molecular flexibility index (Phi) is 3.91. The third-order valence-electron chi connectivity index (χ3n) is 6.65. The zero-order valence-corrected chi connectivity index (χ0v) is 18.4. The molecule has 0 bridgehead atoms. The third-order valence-corrected chi connectivity index (χ3v) is 7.89. The van der Waals surface area contributed by atoms with Crippen LogP contribution in [0.1, 0.15) is 16.9 Å². The summed E-state index contributed by atoms with van der Waals surface area (Å²) in [4.78, 5) is 1.53. The van der Waals surface area contributed by atoms with E-state index in [1.165, 1.54) is 65.6 Å². The van der Waals surface area contributed by atoms with Gasteiger partial charge in [-0.05, 0) is 72.0 Å². The molecule has 0 unspecified atom stereocenters. The number of rotatable bonds is 2. The standard InChI is InChI=1S/C30H21NS/c1-2-8-22(9-3-1)31-27-12-6-4-10-23(27)25-18-20(14-16-28(25)31)21-15-17-30-26(19-21)24-11-5-7-13-29(24)32-30/h1-6,8-12,14-19H,7,13H2. The fourth-order valence-electron chi connectivity index (χ4n) is 5.14. The van der Waals surface area contributed by atoms with Gasteiger partial charge in [-0.25, -0.2) is 0 Å². The van der Waals surface area contributed by atoms with Gasteiger partial charge in [-0.15, -0.1) is 11.3 Å². The lowest BCUT2D eigenvalue weighted by Gasteiger charge is -2.08. The maximum atomic E-state index is 2.39. The molecule has 2 aromatic heterocycles. The van der Waals surface area contributed by atoms with Crippen LogP contribution >= 0.6 is 11.3 Å². The van der Waals surface area contributed by atoms with Crippen molar-refractivity contribution in [3.8, 4) is 16.8 Å². The third kappa shape index (κ3) is 2.63. The number of aryl methyl sites for hydroxylation is 1. The Labute approximate surface area is 190 Å². The molecule has 32 heavy (non-hydrogen) atoms. The molecule has 152 valence electrons. The average Bonchev–Trinajstić information content (AvgIpc) is 3.39. The topological polar surface area (TPSA) is 4.93 Å². The Hall–Kier alpha value is -3.62. The molecule has 4 aromatic carbocycles. The highest BCUT2D eigenvalue weighted by Gasteiger charge is 2.15. The zero-order chi connectivity index (χ0) is 21.1. The number of aromatic nitrogens is 1. The van der Waals surface area contributed by atoms with Crippen LogP contribution < -0.4 is 0 Å². The first kappa shape index (κ1) is 18.0. The van der Waals surface area contributed by atoms with E-state index in [2.05, 4.69) is 108 Å². The molecule has 0 spiro atoms. The van der Waals surface area contributed by atoms with E-state index in [0.29, 0.717) is 0 Å². The second kappa shape index (κ2) is 6.94. The zero-order valence-electron chi connectivity index (χ0n) is 17.6. The van der Waals surface area contributed by atoms with Gasteiger partial charge in [-0.3, -0.25) is 0 Å². The van der Waals surface area contributed by atoms with Crippen LogP contribution in [0.15, 0.2) is 97.1 Å². The first-order chi connectivity index (χ1) is 15.9. The van der Waals surface area contributed by atoms with Crippen molar-refractivity contribution >= 4 is 49.3 Å². The number of fused-ring (bicyclic) bond motifs is 6. The Morgan fingerprint density at radius 1 is 0.656 bits per heavy atom. The number of nitrogens with zero attached hydrogens (tertiary/aromatic N) is 1. The molecule has 0 N–H and O–H groups in total. The molecule has 0 saturated heterocycles. The van der Waals surface area contributed by atoms with E-state index in [1.807, 2.05) is 11.3 Å². The molecular weight excluding hydrogens is 406 g/mol. The smallest absolute Gasteiger partial charge is 0.0541 e. The van der Waals surface area contributed by atoms with Gasteiger partial charge >= 0.3 is 0 Å². The number of thiophene rings is 1. The van der Waals surface area contributed by atoms with Crippen molar-refractivity contribution in [3.05, 3.63) is 108 Å². The molecule has 1 aliphatic carbocycles. The molecule has 1 nitrogen and oxygen atoms in total. The van der Waals surface area contributed by atoms with E-state index in [4.69, 9.17) is 0 Å². The lowest BCUT2D eigenvalue weighted by Crippen LogP contribution is -1.92. The maximum absolute atomic E-state index is 2.39. The highest BCUT2D eigenvalue weighted by Crippen LogP contribution is 2.39. The molecule has 2 heterocycles. The Morgan fingerprint density at radius 3 is 2.31 bits per heavy atom. The monoisotopic (exact) mass is 427 g/mol. The van der Waals surface area contributed by atoms with Crippen LogP contribution in [0.5, 0.6) is 0 Å². The molecule has 0 radical (unpaired) electrons. The Balaban J connectivity index is 1.46. The fraction of sp³-hybridized carbons (Fsp3) is 0.0667. The van der Waals surface area contributed by atoms with Crippen LogP contribution in [0, 0.1) is 0 Å². The van der Waals surface area contributed by atoms with Gasteiger partial charge in [-0.2, -0.15) is 0 Å². The largest absolute Gasteiger partial charge is 0.309 e. The number of hydrogen-bond donors (Lipinski definition) is 0. The molecule has 7 rings (SSSR count). The minimum atomic E-state index is 1.16. The summed E-state index contributed by atoms with van der Waals surface area (Å²) in [7, 11) is 0. The van der Waals surface area contributed by atoms with E-state index in [1.54, 1.807) is 0 Å². The summed E-state index contributed by atoms with van der Waals surface area (Å²) in [5.74, 6) is 0. The Morgan fingerprint density at radius 2 is 1.41 bits per heavy atom. The highest BCUT2D eigenvalue weighted by molar-refractivity contribution is 7.19. The first-order valence-electron chi connectivity index (χ1n) is 11.2. The summed E-state index contributed by atoms with van der Waals surface area (Å²) in [6.07, 6.45) is 6.96. The van der Waals surface area contributed by atoms with Gasteiger partial charge < -0.3 is 4.57 Å². The first-order valence-corrected chi connectivity index (χ1v) is 12.0. The average molecular weight is 428 g/mol. The molecule has 0 fully saturated rings. The van der Waals surface area contributed by atoms with Gasteiger partial charge in [0.25, 0.3) is 0 Å². The number of hydrogen-bond acceptors (Lipinski definition) is 1. The minimum Gasteiger partial charge on any atom is -0.309 e. The summed E-state index contributed by atoms with van der Waals surface area (Å²) in [6.45, 7) is 0. The number of allylic oxidation sites excluding steroid dienone is 1. The summed E-state index contributed by atoms with van der Waals surface area (Å²) in [5.41, 5.74) is 7.69. The van der Waals surface area contributed by atoms with Crippen molar-refractivity contribution in [2.45, 2.75) is 12.8 Å². The summed E-state index contributed by atoms with van der Waals surface area (Å²) in [5, 5.41) is 3.99. The normalized spacial score (nSPS) is 13.2. The molecule has 0 atom stereocenters. The van der Waals surface area contributed by atoms with Crippen LogP contribution in [0.2, 0.25) is 0 Å². The van der Waals surface area contributed by atoms with Crippen LogP contribution in [0.4, 0.5) is 0 Å². The van der Waals surface area contributed by atoms with Crippen LogP contribution in [-0.2, 0) is 6.42 Å². The van der Waals surface area contributed by atoms with E-state index in [-0.39, 0.29) is 0 Å². The van der Waals surface area contributed by atoms with Gasteiger partial charge in [0.15, 0.2) is 0 Å². The van der Waals surface area contributed by atoms with Crippen LogP contribution in [0.3, 0.4) is 0 Å². The lowest BCUT2D eigenvalue weighted by molar-refractivity contribution is 1.02. The molecule has 1 aliphatic rings. The summed E-state index contributed by atoms with van der Waals surface area (Å²) in [6, 6.07) is 33.3. The fourth-order valence-corrected chi connectivity index (χ4v) is 6.33. The van der Waals surface area contributed by atoms with Crippen molar-refractivity contribution in [1.82, 2.24) is 4.57 Å². The van der Waals surface area contributed by atoms with Crippen LogP contribution in [0.25, 0.3) is 54.8 Å². The molecule has 2 heteroatoms. The maximum Gasteiger partial charge on any atom is 0.0541 e. The van der Waals surface area contributed by atoms with Gasteiger partial charge in [-0.1, -0.05) is 60.7 Å². The van der Waals surface area contributed by atoms with Gasteiger partial charge in [0, 0.05) is 31.4 Å². The molecule has 0 saturated carbocycles. The van der Waals surface area contributed by atoms with Gasteiger partial charge in [0.1, 0.15) is 0 Å². The Bertz CT molecular complexity index is 1660. The summed E-state index contributed by atoms with van der Waals surface area (Å²) >= 11 is 1.95. The summed E-state index contributed by atoms with van der Waals surface area (Å²) < 4.78 is 3.77. The highest BCUT2D eigenvalue weighted by atomic mass is 32.1. The second-order valence-corrected chi connectivity index (χ2v) is 9.65. The SMILES string of the molecule is C1=Cc2c(sc3ccc(-c4ccc5c(c4)c4ccccc4n5-c4ccccc4)cc23)CC1. The second-order valence-electron chi connectivity index (χ2n) is 8.51. The number of para-hydroxylation sites is 2. The molecular formula is C30H21NS.